The number of hydrogen-bond donors (Lipinski definition) is 2. The lowest BCUT2D eigenvalue weighted by Gasteiger charge is -1.97. The van der Waals surface area contributed by atoms with Crippen LogP contribution in [0.2, 0.25) is 0 Å². The molecule has 0 aliphatic heterocycles. The number of H-pyrrole nitrogens is 1. The average Bonchev–Trinajstić information content (AvgIpc) is 2.62. The van der Waals surface area contributed by atoms with Gasteiger partial charge in [0.1, 0.15) is 0 Å². The van der Waals surface area contributed by atoms with Gasteiger partial charge in [0.2, 0.25) is 0 Å². The largest absolute Gasteiger partial charge is 0.361 e. The summed E-state index contributed by atoms with van der Waals surface area (Å²) in [4.78, 5) is 3.14. The van der Waals surface area contributed by atoms with Crippen molar-refractivity contribution in [2.45, 2.75) is 6.42 Å². The molecule has 0 radical (unpaired) electrons. The molecule has 2 nitrogen and oxygen atoms in total. The van der Waals surface area contributed by atoms with E-state index in [1.165, 1.54) is 0 Å². The molecule has 1 aromatic carbocycles. The Hall–Kier alpha value is -1.28. The zero-order valence-electron chi connectivity index (χ0n) is 9.59. The van der Waals surface area contributed by atoms with E-state index in [1.807, 2.05) is 30.5 Å². The van der Waals surface area contributed by atoms with E-state index in [1.54, 1.807) is 7.05 Å². The lowest BCUT2D eigenvalue weighted by molar-refractivity contribution is 0.795. The molecule has 0 amide bonds. The summed E-state index contributed by atoms with van der Waals surface area (Å²) in [6.45, 7) is -1.36. The van der Waals surface area contributed by atoms with Crippen molar-refractivity contribution >= 4 is 10.9 Å². The molecule has 0 fully saturated rings. The Morgan fingerprint density at radius 3 is 3.15 bits per heavy atom. The second kappa shape index (κ2) is 3.62. The van der Waals surface area contributed by atoms with Gasteiger partial charge in [0.15, 0.2) is 0 Å². The predicted octanol–water partition coefficient (Wildman–Crippen LogP) is 1.93. The molecule has 2 heteroatoms. The van der Waals surface area contributed by atoms with Crippen molar-refractivity contribution in [3.8, 4) is 0 Å². The highest BCUT2D eigenvalue weighted by Gasteiger charge is 2.00. The van der Waals surface area contributed by atoms with Crippen LogP contribution in [0.4, 0.5) is 0 Å². The summed E-state index contributed by atoms with van der Waals surface area (Å²) >= 11 is 0. The first-order valence-electron chi connectivity index (χ1n) is 5.36. The standard InChI is InChI=1S/C11H14N2/c1-12-7-6-9-8-13-11-5-3-2-4-10(9)11/h2-5,8,12-13H,6-7H2,1H3/i7D2. The van der Waals surface area contributed by atoms with Gasteiger partial charge in [-0.25, -0.2) is 0 Å². The molecule has 1 heterocycles. The molecule has 0 atom stereocenters. The Morgan fingerprint density at radius 1 is 1.46 bits per heavy atom. The number of hydrogen-bond acceptors (Lipinski definition) is 1. The third-order valence-corrected chi connectivity index (χ3v) is 2.13. The summed E-state index contributed by atoms with van der Waals surface area (Å²) in [5.74, 6) is 0. The van der Waals surface area contributed by atoms with E-state index in [9.17, 15) is 0 Å². The van der Waals surface area contributed by atoms with Crippen LogP contribution < -0.4 is 5.32 Å². The van der Waals surface area contributed by atoms with Crippen LogP contribution >= 0.6 is 0 Å². The van der Waals surface area contributed by atoms with Crippen LogP contribution in [0.25, 0.3) is 10.9 Å². The maximum absolute atomic E-state index is 7.67. The number of nitrogens with one attached hydrogen (secondary N) is 2. The molecular formula is C11H14N2. The van der Waals surface area contributed by atoms with Gasteiger partial charge in [-0.3, -0.25) is 0 Å². The van der Waals surface area contributed by atoms with E-state index < -0.39 is 6.50 Å². The van der Waals surface area contributed by atoms with Crippen LogP contribution in [0, 0.1) is 0 Å². The molecule has 2 N–H and O–H groups in total. The number of fused-ring (bicyclic) bond motifs is 1. The van der Waals surface area contributed by atoms with Crippen LogP contribution in [0.1, 0.15) is 8.30 Å². The number of aromatic nitrogens is 1. The number of benzene rings is 1. The average molecular weight is 176 g/mol. The quantitative estimate of drug-likeness (QED) is 0.734. The predicted molar refractivity (Wildman–Crippen MR) is 55.9 cm³/mol. The van der Waals surface area contributed by atoms with E-state index >= 15 is 0 Å². The monoisotopic (exact) mass is 176 g/mol. The lowest BCUT2D eigenvalue weighted by atomic mass is 10.1. The highest BCUT2D eigenvalue weighted by atomic mass is 14.8. The smallest absolute Gasteiger partial charge is 0.0456 e. The molecule has 13 heavy (non-hydrogen) atoms. The third kappa shape index (κ3) is 1.58. The highest BCUT2D eigenvalue weighted by Crippen LogP contribution is 2.17. The van der Waals surface area contributed by atoms with Crippen molar-refractivity contribution in [2.24, 2.45) is 0 Å². The topological polar surface area (TPSA) is 27.8 Å². The normalized spacial score (nSPS) is 14.2. The fourth-order valence-electron chi connectivity index (χ4n) is 1.46. The first-order valence-corrected chi connectivity index (χ1v) is 4.36. The molecule has 0 spiro atoms. The second-order valence-electron chi connectivity index (χ2n) is 2.96. The lowest BCUT2D eigenvalue weighted by Crippen LogP contribution is -2.09. The molecule has 68 valence electrons. The second-order valence-corrected chi connectivity index (χ2v) is 2.96. The molecule has 0 saturated heterocycles. The van der Waals surface area contributed by atoms with Gasteiger partial charge in [-0.05, 0) is 31.6 Å². The van der Waals surface area contributed by atoms with Crippen LogP contribution in [0.5, 0.6) is 0 Å². The molecule has 2 aromatic rings. The van der Waals surface area contributed by atoms with Crippen molar-refractivity contribution in [3.05, 3.63) is 36.0 Å². The highest BCUT2D eigenvalue weighted by molar-refractivity contribution is 5.82. The van der Waals surface area contributed by atoms with E-state index in [0.29, 0.717) is 6.42 Å². The van der Waals surface area contributed by atoms with Crippen LogP contribution in [0.3, 0.4) is 0 Å². The minimum atomic E-state index is -1.36. The van der Waals surface area contributed by atoms with Crippen molar-refractivity contribution < 1.29 is 2.74 Å². The van der Waals surface area contributed by atoms with E-state index in [-0.39, 0.29) is 0 Å². The van der Waals surface area contributed by atoms with Crippen molar-refractivity contribution in [1.29, 1.82) is 0 Å². The van der Waals surface area contributed by atoms with Crippen LogP contribution in [-0.4, -0.2) is 18.5 Å². The Labute approximate surface area is 80.8 Å². The SMILES string of the molecule is [2H]C([2H])(Cc1c[nH]c2ccccc12)NC. The molecule has 2 rings (SSSR count). The number of para-hydroxylation sites is 1. The maximum Gasteiger partial charge on any atom is 0.0456 e. The fraction of sp³-hybridized carbons (Fsp3) is 0.273. The van der Waals surface area contributed by atoms with Crippen LogP contribution in [0.15, 0.2) is 30.5 Å². The zero-order chi connectivity index (χ0) is 10.9. The maximum atomic E-state index is 7.67. The molecule has 0 saturated carbocycles. The van der Waals surface area contributed by atoms with Gasteiger partial charge in [-0.15, -0.1) is 0 Å². The summed E-state index contributed by atoms with van der Waals surface area (Å²) in [5, 5.41) is 3.76. The molecule has 1 aromatic heterocycles. The van der Waals surface area contributed by atoms with Gasteiger partial charge < -0.3 is 10.3 Å². The number of likely N-dealkylation sites (N-methyl/N-ethyl adjacent to an activating group) is 1. The minimum absolute atomic E-state index is 0.369. The van der Waals surface area contributed by atoms with Gasteiger partial charge in [0.05, 0.1) is 0 Å². The Morgan fingerprint density at radius 2 is 2.31 bits per heavy atom. The summed E-state index contributed by atoms with van der Waals surface area (Å²) < 4.78 is 15.3. The Bertz CT molecular complexity index is 462. The van der Waals surface area contributed by atoms with Gasteiger partial charge in [0, 0.05) is 19.8 Å². The number of rotatable bonds is 3. The number of aryl methyl sites for hydroxylation is 1. The number of aromatic amines is 1. The first-order chi connectivity index (χ1) is 7.12. The van der Waals surface area contributed by atoms with Crippen LogP contribution in [-0.2, 0) is 6.42 Å². The van der Waals surface area contributed by atoms with Crippen molar-refractivity contribution in [3.63, 3.8) is 0 Å². The van der Waals surface area contributed by atoms with Crippen molar-refractivity contribution in [2.75, 3.05) is 13.5 Å². The van der Waals surface area contributed by atoms with E-state index in [0.717, 1.165) is 16.5 Å². The molecule has 0 bridgehead atoms. The summed E-state index contributed by atoms with van der Waals surface area (Å²) in [6.07, 6.45) is 2.24. The Kier molecular flexibility index (Phi) is 1.73. The summed E-state index contributed by atoms with van der Waals surface area (Å²) in [5.41, 5.74) is 2.06. The zero-order valence-corrected chi connectivity index (χ0v) is 7.59. The van der Waals surface area contributed by atoms with Gasteiger partial charge in [-0.1, -0.05) is 18.2 Å². The van der Waals surface area contributed by atoms with Gasteiger partial charge in [-0.2, -0.15) is 0 Å². The van der Waals surface area contributed by atoms with E-state index in [4.69, 9.17) is 2.74 Å². The minimum Gasteiger partial charge on any atom is -0.361 e. The van der Waals surface area contributed by atoms with E-state index in [2.05, 4.69) is 10.3 Å². The summed E-state index contributed by atoms with van der Waals surface area (Å²) in [7, 11) is 1.63. The van der Waals surface area contributed by atoms with Crippen molar-refractivity contribution in [1.82, 2.24) is 10.3 Å². The summed E-state index contributed by atoms with van der Waals surface area (Å²) in [6, 6.07) is 7.94. The first kappa shape index (κ1) is 6.22. The molecule has 0 aliphatic rings. The molecule has 0 aliphatic carbocycles. The van der Waals surface area contributed by atoms with Gasteiger partial charge in [0.25, 0.3) is 0 Å². The van der Waals surface area contributed by atoms with Gasteiger partial charge >= 0.3 is 0 Å². The molecular weight excluding hydrogens is 160 g/mol. The fourth-order valence-corrected chi connectivity index (χ4v) is 1.46. The Balaban J connectivity index is 2.37. The third-order valence-electron chi connectivity index (χ3n) is 2.13. The molecule has 0 unspecified atom stereocenters.